The maximum atomic E-state index is 11.8. The number of amides is 3. The van der Waals surface area contributed by atoms with Crippen molar-refractivity contribution < 1.29 is 14.5 Å². The maximum Gasteiger partial charge on any atom is 0.316 e. The maximum absolute atomic E-state index is 11.8. The molecule has 0 saturated carbocycles. The Hall–Kier alpha value is -2.91. The summed E-state index contributed by atoms with van der Waals surface area (Å²) >= 11 is 0. The molecule has 1 aromatic heterocycles. The number of nitrogen functional groups attached to an aromatic ring is 1. The second kappa shape index (κ2) is 7.03. The molecule has 0 aliphatic rings. The van der Waals surface area contributed by atoms with E-state index in [0.29, 0.717) is 0 Å². The van der Waals surface area contributed by atoms with Crippen LogP contribution in [-0.2, 0) is 0 Å². The van der Waals surface area contributed by atoms with Gasteiger partial charge in [-0.25, -0.2) is 9.78 Å². The number of nitro groups is 1. The molecule has 21 heavy (non-hydrogen) atoms. The van der Waals surface area contributed by atoms with E-state index in [1.54, 1.807) is 14.1 Å². The Morgan fingerprint density at radius 3 is 2.57 bits per heavy atom. The summed E-state index contributed by atoms with van der Waals surface area (Å²) in [6.45, 7) is 0.367. The van der Waals surface area contributed by atoms with Crippen LogP contribution in [0.5, 0.6) is 0 Å². The number of nitrogens with two attached hydrogens (primary N) is 1. The van der Waals surface area contributed by atoms with Gasteiger partial charge in [0.2, 0.25) is 0 Å². The molecular formula is C11H16N6O4. The fourth-order valence-corrected chi connectivity index (χ4v) is 1.34. The Bertz CT molecular complexity index is 560. The van der Waals surface area contributed by atoms with Crippen molar-refractivity contribution in [1.29, 1.82) is 0 Å². The summed E-state index contributed by atoms with van der Waals surface area (Å²) in [6, 6.07) is 0.761. The molecule has 0 unspecified atom stereocenters. The SMILES string of the molecule is CN(C)C(=O)NCCNC(=O)c1cc([N+](=O)[O-])cnc1N. The Labute approximate surface area is 120 Å². The molecule has 4 N–H and O–H groups in total. The molecule has 0 atom stereocenters. The minimum Gasteiger partial charge on any atom is -0.383 e. The lowest BCUT2D eigenvalue weighted by molar-refractivity contribution is -0.385. The van der Waals surface area contributed by atoms with Gasteiger partial charge in [-0.1, -0.05) is 0 Å². The third kappa shape index (κ3) is 4.60. The molecule has 0 saturated heterocycles. The predicted octanol–water partition coefficient (Wildman–Crippen LogP) is -0.427. The molecule has 0 spiro atoms. The quantitative estimate of drug-likeness (QED) is 0.382. The van der Waals surface area contributed by atoms with Crippen LogP contribution in [0.4, 0.5) is 16.3 Å². The van der Waals surface area contributed by atoms with Crippen LogP contribution in [0.3, 0.4) is 0 Å². The van der Waals surface area contributed by atoms with Gasteiger partial charge < -0.3 is 21.3 Å². The number of rotatable bonds is 5. The summed E-state index contributed by atoms with van der Waals surface area (Å²) in [5.74, 6) is -0.696. The van der Waals surface area contributed by atoms with Gasteiger partial charge in [0.25, 0.3) is 11.6 Å². The van der Waals surface area contributed by atoms with Crippen molar-refractivity contribution in [2.24, 2.45) is 0 Å². The number of aromatic nitrogens is 1. The lowest BCUT2D eigenvalue weighted by Gasteiger charge is -2.12. The van der Waals surface area contributed by atoms with Crippen molar-refractivity contribution in [3.05, 3.63) is 27.9 Å². The molecule has 0 aromatic carbocycles. The molecule has 3 amide bonds. The number of pyridine rings is 1. The first-order valence-electron chi connectivity index (χ1n) is 5.96. The van der Waals surface area contributed by atoms with Crippen molar-refractivity contribution in [2.75, 3.05) is 32.9 Å². The highest BCUT2D eigenvalue weighted by Crippen LogP contribution is 2.16. The van der Waals surface area contributed by atoms with E-state index in [0.717, 1.165) is 12.3 Å². The number of nitrogens with one attached hydrogen (secondary N) is 2. The monoisotopic (exact) mass is 296 g/mol. The first-order valence-corrected chi connectivity index (χ1v) is 5.96. The molecule has 0 radical (unpaired) electrons. The highest BCUT2D eigenvalue weighted by atomic mass is 16.6. The summed E-state index contributed by atoms with van der Waals surface area (Å²) in [4.78, 5) is 38.0. The number of urea groups is 1. The molecular weight excluding hydrogens is 280 g/mol. The normalized spacial score (nSPS) is 9.81. The molecule has 1 heterocycles. The van der Waals surface area contributed by atoms with Crippen LogP contribution in [0.2, 0.25) is 0 Å². The summed E-state index contributed by atoms with van der Waals surface area (Å²) in [5.41, 5.74) is 5.11. The van der Waals surface area contributed by atoms with Gasteiger partial charge in [-0.2, -0.15) is 0 Å². The summed E-state index contributed by atoms with van der Waals surface area (Å²) in [5, 5.41) is 15.7. The predicted molar refractivity (Wildman–Crippen MR) is 74.7 cm³/mol. The topological polar surface area (TPSA) is 143 Å². The van der Waals surface area contributed by atoms with Crippen molar-refractivity contribution >= 4 is 23.4 Å². The third-order valence-corrected chi connectivity index (χ3v) is 2.45. The van der Waals surface area contributed by atoms with Crippen LogP contribution in [0.25, 0.3) is 0 Å². The van der Waals surface area contributed by atoms with Crippen molar-refractivity contribution in [2.45, 2.75) is 0 Å². The van der Waals surface area contributed by atoms with E-state index < -0.39 is 10.8 Å². The number of carbonyl (C=O) groups excluding carboxylic acids is 2. The fourth-order valence-electron chi connectivity index (χ4n) is 1.34. The summed E-state index contributed by atoms with van der Waals surface area (Å²) < 4.78 is 0. The lowest BCUT2D eigenvalue weighted by atomic mass is 10.2. The van der Waals surface area contributed by atoms with E-state index in [4.69, 9.17) is 5.73 Å². The summed E-state index contributed by atoms with van der Waals surface area (Å²) in [6.07, 6.45) is 0.976. The van der Waals surface area contributed by atoms with Crippen molar-refractivity contribution in [1.82, 2.24) is 20.5 Å². The van der Waals surface area contributed by atoms with Crippen LogP contribution in [0, 0.1) is 10.1 Å². The highest BCUT2D eigenvalue weighted by Gasteiger charge is 2.16. The van der Waals surface area contributed by atoms with Gasteiger partial charge >= 0.3 is 6.03 Å². The van der Waals surface area contributed by atoms with Crippen LogP contribution in [0.1, 0.15) is 10.4 Å². The molecule has 114 valence electrons. The molecule has 10 heteroatoms. The van der Waals surface area contributed by atoms with Crippen molar-refractivity contribution in [3.63, 3.8) is 0 Å². The second-order valence-corrected chi connectivity index (χ2v) is 4.27. The third-order valence-electron chi connectivity index (χ3n) is 2.45. The average Bonchev–Trinajstić information content (AvgIpc) is 2.43. The minimum absolute atomic E-state index is 0.0804. The molecule has 1 aromatic rings. The first kappa shape index (κ1) is 16.1. The number of hydrogen-bond acceptors (Lipinski definition) is 6. The Morgan fingerprint density at radius 1 is 1.38 bits per heavy atom. The molecule has 0 bridgehead atoms. The van der Waals surface area contributed by atoms with E-state index in [9.17, 15) is 19.7 Å². The lowest BCUT2D eigenvalue weighted by Crippen LogP contribution is -2.39. The van der Waals surface area contributed by atoms with E-state index in [2.05, 4.69) is 15.6 Å². The van der Waals surface area contributed by atoms with Crippen molar-refractivity contribution in [3.8, 4) is 0 Å². The number of hydrogen-bond donors (Lipinski definition) is 3. The zero-order valence-electron chi connectivity index (χ0n) is 11.6. The van der Waals surface area contributed by atoms with Gasteiger partial charge in [0.15, 0.2) is 0 Å². The fraction of sp³-hybridized carbons (Fsp3) is 0.364. The van der Waals surface area contributed by atoms with Gasteiger partial charge in [-0.3, -0.25) is 14.9 Å². The van der Waals surface area contributed by atoms with E-state index >= 15 is 0 Å². The van der Waals surface area contributed by atoms with Crippen LogP contribution in [0.15, 0.2) is 12.3 Å². The van der Waals surface area contributed by atoms with Gasteiger partial charge in [-0.05, 0) is 0 Å². The molecule has 10 nitrogen and oxygen atoms in total. The van der Waals surface area contributed by atoms with E-state index in [1.165, 1.54) is 4.90 Å². The van der Waals surface area contributed by atoms with Gasteiger partial charge in [0.05, 0.1) is 10.5 Å². The van der Waals surface area contributed by atoms with E-state index in [-0.39, 0.29) is 36.2 Å². The smallest absolute Gasteiger partial charge is 0.316 e. The number of carbonyl (C=O) groups is 2. The average molecular weight is 296 g/mol. The minimum atomic E-state index is -0.666. The van der Waals surface area contributed by atoms with Crippen LogP contribution < -0.4 is 16.4 Å². The van der Waals surface area contributed by atoms with Gasteiger partial charge in [0.1, 0.15) is 12.0 Å². The zero-order valence-corrected chi connectivity index (χ0v) is 11.6. The van der Waals surface area contributed by atoms with Crippen LogP contribution in [-0.4, -0.2) is 53.9 Å². The molecule has 0 aliphatic carbocycles. The van der Waals surface area contributed by atoms with Gasteiger partial charge in [-0.15, -0.1) is 0 Å². The molecule has 0 aliphatic heterocycles. The number of nitrogens with zero attached hydrogens (tertiary/aromatic N) is 3. The van der Waals surface area contributed by atoms with E-state index in [1.807, 2.05) is 0 Å². The molecule has 0 fully saturated rings. The highest BCUT2D eigenvalue weighted by molar-refractivity contribution is 5.98. The molecule has 1 rings (SSSR count). The zero-order chi connectivity index (χ0) is 16.0. The number of anilines is 1. The summed E-state index contributed by atoms with van der Waals surface area (Å²) in [7, 11) is 3.17. The first-order chi connectivity index (χ1) is 9.82. The largest absolute Gasteiger partial charge is 0.383 e. The van der Waals surface area contributed by atoms with Gasteiger partial charge in [0, 0.05) is 33.3 Å². The Kier molecular flexibility index (Phi) is 5.40. The Morgan fingerprint density at radius 2 is 2.00 bits per heavy atom. The van der Waals surface area contributed by atoms with Crippen LogP contribution >= 0.6 is 0 Å². The Balaban J connectivity index is 2.58. The standard InChI is InChI=1S/C11H16N6O4/c1-16(2)11(19)14-4-3-13-10(18)8-5-7(17(20)21)6-15-9(8)12/h5-6H,3-4H2,1-2H3,(H2,12,15)(H,13,18)(H,14,19). The second-order valence-electron chi connectivity index (χ2n) is 4.27.